The van der Waals surface area contributed by atoms with Crippen LogP contribution in [0.15, 0.2) is 47.3 Å². The Hall–Kier alpha value is -3.36. The van der Waals surface area contributed by atoms with Crippen LogP contribution in [0.2, 0.25) is 19.5 Å². The zero-order valence-corrected chi connectivity index (χ0v) is 27.3. The second-order valence-electron chi connectivity index (χ2n) is 12.9. The van der Waals surface area contributed by atoms with E-state index in [1.807, 2.05) is 32.9 Å². The van der Waals surface area contributed by atoms with Crippen molar-refractivity contribution in [3.63, 3.8) is 0 Å². The molecule has 2 aromatic carbocycles. The maximum absolute atomic E-state index is 13.8. The van der Waals surface area contributed by atoms with Gasteiger partial charge in [-0.1, -0.05) is 43.7 Å². The fourth-order valence-electron chi connectivity index (χ4n) is 6.93. The lowest BCUT2D eigenvalue weighted by atomic mass is 9.47. The lowest BCUT2D eigenvalue weighted by Crippen LogP contribution is -2.40. The van der Waals surface area contributed by atoms with Crippen LogP contribution in [0.5, 0.6) is 0 Å². The van der Waals surface area contributed by atoms with Crippen molar-refractivity contribution in [2.24, 2.45) is 0 Å². The minimum atomic E-state index is -0.167. The molecule has 8 heteroatoms. The largest absolute Gasteiger partial charge is 0.381 e. The van der Waals surface area contributed by atoms with Gasteiger partial charge in [0.25, 0.3) is 11.5 Å². The molecule has 0 unspecified atom stereocenters. The van der Waals surface area contributed by atoms with Gasteiger partial charge in [0.05, 0.1) is 0 Å². The predicted molar refractivity (Wildman–Crippen MR) is 182 cm³/mol. The van der Waals surface area contributed by atoms with Crippen molar-refractivity contribution in [3.8, 4) is 11.1 Å². The Morgan fingerprint density at radius 3 is 2.50 bits per heavy atom. The molecule has 2 N–H and O–H groups in total. The Kier molecular flexibility index (Phi) is 10.6. The number of rotatable bonds is 9. The van der Waals surface area contributed by atoms with Gasteiger partial charge in [0.15, 0.2) is 0 Å². The molecule has 3 heterocycles. The van der Waals surface area contributed by atoms with Crippen molar-refractivity contribution in [2.75, 3.05) is 37.7 Å². The number of hydrogen-bond donors (Lipinski definition) is 2. The van der Waals surface area contributed by atoms with E-state index in [2.05, 4.69) is 64.2 Å². The topological polar surface area (TPSA) is 77.7 Å². The molecule has 234 valence electrons. The zero-order chi connectivity index (χ0) is 31.2. The molecular formula is C36H49BN4O3. The molecule has 0 aliphatic carbocycles. The molecule has 44 heavy (non-hydrogen) atoms. The summed E-state index contributed by atoms with van der Waals surface area (Å²) in [5.74, 6) is -0.167. The van der Waals surface area contributed by atoms with E-state index < -0.39 is 0 Å². The first-order valence-corrected chi connectivity index (χ1v) is 16.5. The summed E-state index contributed by atoms with van der Waals surface area (Å²) in [6.45, 7) is 17.1. The summed E-state index contributed by atoms with van der Waals surface area (Å²) in [7, 11) is 0. The highest BCUT2D eigenvalue weighted by molar-refractivity contribution is 6.57. The SMILES string of the molecule is CCN(c1cc(-c2ccc(CN3CCCB(C)CC3)cc2)cc(C(=O)NCc2c(C)cc(C)[nH]c2=O)c1C)C1CCOCC1. The van der Waals surface area contributed by atoms with Gasteiger partial charge in [-0.05, 0) is 106 Å². The molecular weight excluding hydrogens is 547 g/mol. The Morgan fingerprint density at radius 1 is 1.05 bits per heavy atom. The van der Waals surface area contributed by atoms with Crippen LogP contribution in [-0.2, 0) is 17.8 Å². The number of aromatic amines is 1. The Labute approximate surface area is 263 Å². The number of ether oxygens (including phenoxy) is 1. The molecule has 1 amide bonds. The van der Waals surface area contributed by atoms with Crippen molar-refractivity contribution < 1.29 is 9.53 Å². The predicted octanol–water partition coefficient (Wildman–Crippen LogP) is 6.23. The smallest absolute Gasteiger partial charge is 0.253 e. The quantitative estimate of drug-likeness (QED) is 0.287. The van der Waals surface area contributed by atoms with Gasteiger partial charge >= 0.3 is 0 Å². The fourth-order valence-corrected chi connectivity index (χ4v) is 6.93. The monoisotopic (exact) mass is 596 g/mol. The van der Waals surface area contributed by atoms with Crippen LogP contribution in [0.3, 0.4) is 0 Å². The third-order valence-electron chi connectivity index (χ3n) is 9.63. The van der Waals surface area contributed by atoms with E-state index in [0.29, 0.717) is 17.2 Å². The number of pyridine rings is 1. The molecule has 7 nitrogen and oxygen atoms in total. The van der Waals surface area contributed by atoms with E-state index >= 15 is 0 Å². The summed E-state index contributed by atoms with van der Waals surface area (Å²) >= 11 is 0. The molecule has 2 aliphatic heterocycles. The molecule has 0 atom stereocenters. The number of hydrogen-bond acceptors (Lipinski definition) is 5. The number of aryl methyl sites for hydroxylation is 2. The average molecular weight is 597 g/mol. The minimum absolute atomic E-state index is 0.152. The molecule has 5 rings (SSSR count). The van der Waals surface area contributed by atoms with Gasteiger partial charge in [-0.3, -0.25) is 14.5 Å². The molecule has 2 fully saturated rings. The van der Waals surface area contributed by atoms with E-state index in [0.717, 1.165) is 86.0 Å². The summed E-state index contributed by atoms with van der Waals surface area (Å²) < 4.78 is 5.67. The van der Waals surface area contributed by atoms with Crippen LogP contribution in [0.4, 0.5) is 5.69 Å². The van der Waals surface area contributed by atoms with Crippen LogP contribution in [0.25, 0.3) is 11.1 Å². The van der Waals surface area contributed by atoms with E-state index in [-0.39, 0.29) is 18.0 Å². The normalized spacial score (nSPS) is 16.5. The Balaban J connectivity index is 1.44. The first-order valence-electron chi connectivity index (χ1n) is 16.5. The van der Waals surface area contributed by atoms with Crippen molar-refractivity contribution in [1.29, 1.82) is 0 Å². The highest BCUT2D eigenvalue weighted by Crippen LogP contribution is 2.34. The van der Waals surface area contributed by atoms with Gasteiger partial charge in [0, 0.05) is 61.4 Å². The van der Waals surface area contributed by atoms with Crippen LogP contribution >= 0.6 is 0 Å². The summed E-state index contributed by atoms with van der Waals surface area (Å²) in [5, 5.41) is 3.06. The second kappa shape index (κ2) is 14.6. The summed E-state index contributed by atoms with van der Waals surface area (Å²) in [4.78, 5) is 34.3. The van der Waals surface area contributed by atoms with Gasteiger partial charge in [-0.25, -0.2) is 0 Å². The van der Waals surface area contributed by atoms with Gasteiger partial charge in [0.1, 0.15) is 6.71 Å². The van der Waals surface area contributed by atoms with Crippen molar-refractivity contribution in [1.82, 2.24) is 15.2 Å². The number of anilines is 1. The summed E-state index contributed by atoms with van der Waals surface area (Å²) in [6.07, 6.45) is 5.81. The maximum Gasteiger partial charge on any atom is 0.253 e. The van der Waals surface area contributed by atoms with E-state index in [9.17, 15) is 9.59 Å². The Morgan fingerprint density at radius 2 is 1.80 bits per heavy atom. The van der Waals surface area contributed by atoms with Crippen LogP contribution < -0.4 is 15.8 Å². The minimum Gasteiger partial charge on any atom is -0.381 e. The zero-order valence-electron chi connectivity index (χ0n) is 27.3. The molecule has 2 aliphatic rings. The van der Waals surface area contributed by atoms with Gasteiger partial charge in [0.2, 0.25) is 0 Å². The van der Waals surface area contributed by atoms with Crippen molar-refractivity contribution >= 4 is 18.3 Å². The maximum atomic E-state index is 13.8. The van der Waals surface area contributed by atoms with E-state index in [1.54, 1.807) is 0 Å². The first-order chi connectivity index (χ1) is 21.2. The molecule has 0 saturated carbocycles. The van der Waals surface area contributed by atoms with E-state index in [4.69, 9.17) is 4.74 Å². The van der Waals surface area contributed by atoms with Gasteiger partial charge < -0.3 is 19.9 Å². The third-order valence-corrected chi connectivity index (χ3v) is 9.63. The number of nitrogens with one attached hydrogen (secondary N) is 2. The molecule has 0 spiro atoms. The Bertz CT molecular complexity index is 1500. The van der Waals surface area contributed by atoms with Crippen molar-refractivity contribution in [2.45, 2.75) is 85.6 Å². The van der Waals surface area contributed by atoms with Crippen LogP contribution in [0, 0.1) is 20.8 Å². The lowest BCUT2D eigenvalue weighted by molar-refractivity contribution is 0.0846. The van der Waals surface area contributed by atoms with Gasteiger partial charge in [-0.2, -0.15) is 0 Å². The summed E-state index contributed by atoms with van der Waals surface area (Å²) in [5.41, 5.74) is 8.28. The second-order valence-corrected chi connectivity index (χ2v) is 12.9. The first kappa shape index (κ1) is 32.1. The third kappa shape index (κ3) is 7.64. The number of benzene rings is 2. The standard InChI is InChI=1S/C36H49BN4O3/c1-6-41(31-12-18-44-19-13-31)34-22-30(29-10-8-28(9-11-29)24-40-16-7-14-37(5)15-17-40)21-32(27(34)4)35(42)38-23-33-25(2)20-26(3)39-36(33)43/h8-11,20-22,31H,6-7,12-19,23-24H2,1-5H3,(H,38,42)(H,39,43). The molecule has 3 aromatic rings. The van der Waals surface area contributed by atoms with E-state index in [1.165, 1.54) is 31.2 Å². The highest BCUT2D eigenvalue weighted by Gasteiger charge is 2.25. The number of amides is 1. The van der Waals surface area contributed by atoms with Crippen molar-refractivity contribution in [3.05, 3.63) is 86.3 Å². The number of carbonyl (C=O) groups is 1. The number of H-pyrrole nitrogens is 1. The molecule has 2 saturated heterocycles. The fraction of sp³-hybridized carbons (Fsp3) is 0.500. The lowest BCUT2D eigenvalue weighted by Gasteiger charge is -2.37. The molecule has 0 bridgehead atoms. The van der Waals surface area contributed by atoms with Gasteiger partial charge in [-0.15, -0.1) is 0 Å². The van der Waals surface area contributed by atoms with Crippen LogP contribution in [-0.4, -0.2) is 61.4 Å². The number of carbonyl (C=O) groups excluding carboxylic acids is 1. The van der Waals surface area contributed by atoms with Crippen LogP contribution in [0.1, 0.15) is 64.5 Å². The number of nitrogens with zero attached hydrogens (tertiary/aromatic N) is 2. The highest BCUT2D eigenvalue weighted by atomic mass is 16.5. The average Bonchev–Trinajstić information content (AvgIpc) is 3.22. The summed E-state index contributed by atoms with van der Waals surface area (Å²) in [6, 6.07) is 15.5. The molecule has 1 aromatic heterocycles. The molecule has 0 radical (unpaired) electrons. The number of aromatic nitrogens is 1.